The molecule has 0 aromatic carbocycles. The number of allylic oxidation sites excluding steroid dienone is 2. The molecule has 2 aliphatic rings. The lowest BCUT2D eigenvalue weighted by Gasteiger charge is -2.37. The highest BCUT2D eigenvalue weighted by Crippen LogP contribution is 2.21. The van der Waals surface area contributed by atoms with E-state index in [1.165, 1.54) is 0 Å². The van der Waals surface area contributed by atoms with Gasteiger partial charge in [-0.25, -0.2) is 0 Å². The van der Waals surface area contributed by atoms with Gasteiger partial charge >= 0.3 is 0 Å². The van der Waals surface area contributed by atoms with Gasteiger partial charge < -0.3 is 10.0 Å². The highest BCUT2D eigenvalue weighted by Gasteiger charge is 2.26. The van der Waals surface area contributed by atoms with Crippen LogP contribution in [0.25, 0.3) is 0 Å². The van der Waals surface area contributed by atoms with Crippen molar-refractivity contribution in [2.24, 2.45) is 5.92 Å². The molecule has 1 fully saturated rings. The summed E-state index contributed by atoms with van der Waals surface area (Å²) in [6.07, 6.45) is 7.28. The highest BCUT2D eigenvalue weighted by molar-refractivity contribution is 5.76. The standard InChI is InChI=1S/C15H26N2O2/c1-15(2,19)12-16-7-9-17(10-8-16)14(18)11-13-5-3-4-6-13/h3,5,13,19H,4,6-12H2,1-2H3. The quantitative estimate of drug-likeness (QED) is 0.779. The largest absolute Gasteiger partial charge is 0.389 e. The van der Waals surface area contributed by atoms with Crippen molar-refractivity contribution in [3.05, 3.63) is 12.2 Å². The van der Waals surface area contributed by atoms with Gasteiger partial charge in [0.2, 0.25) is 5.91 Å². The Balaban J connectivity index is 1.73. The maximum atomic E-state index is 12.2. The molecular weight excluding hydrogens is 240 g/mol. The monoisotopic (exact) mass is 266 g/mol. The van der Waals surface area contributed by atoms with Crippen LogP contribution in [0.3, 0.4) is 0 Å². The molecule has 1 N–H and O–H groups in total. The minimum Gasteiger partial charge on any atom is -0.389 e. The fourth-order valence-corrected chi connectivity index (χ4v) is 2.92. The van der Waals surface area contributed by atoms with E-state index < -0.39 is 5.60 Å². The van der Waals surface area contributed by atoms with E-state index in [1.54, 1.807) is 0 Å². The Morgan fingerprint density at radius 2 is 2.00 bits per heavy atom. The fraction of sp³-hybridized carbons (Fsp3) is 0.800. The molecule has 2 rings (SSSR count). The van der Waals surface area contributed by atoms with Crippen molar-refractivity contribution in [3.8, 4) is 0 Å². The van der Waals surface area contributed by atoms with Gasteiger partial charge in [-0.05, 0) is 32.6 Å². The zero-order valence-electron chi connectivity index (χ0n) is 12.1. The maximum Gasteiger partial charge on any atom is 0.223 e. The molecule has 1 atom stereocenters. The molecule has 0 bridgehead atoms. The number of hydrogen-bond acceptors (Lipinski definition) is 3. The van der Waals surface area contributed by atoms with E-state index in [0.717, 1.165) is 39.0 Å². The first kappa shape index (κ1) is 14.5. The molecular formula is C15H26N2O2. The summed E-state index contributed by atoms with van der Waals surface area (Å²) in [5.74, 6) is 0.751. The molecule has 0 aromatic heterocycles. The Bertz CT molecular complexity index is 339. The smallest absolute Gasteiger partial charge is 0.223 e. The Morgan fingerprint density at radius 3 is 2.53 bits per heavy atom. The summed E-state index contributed by atoms with van der Waals surface area (Å²) in [5, 5.41) is 9.80. The third-order valence-corrected chi connectivity index (χ3v) is 3.88. The molecule has 4 heteroatoms. The summed E-state index contributed by atoms with van der Waals surface area (Å²) in [4.78, 5) is 16.4. The van der Waals surface area contributed by atoms with Crippen molar-refractivity contribution < 1.29 is 9.90 Å². The Labute approximate surface area is 116 Å². The summed E-state index contributed by atoms with van der Waals surface area (Å²) in [6, 6.07) is 0. The van der Waals surface area contributed by atoms with Gasteiger partial charge in [-0.2, -0.15) is 0 Å². The second-order valence-electron chi connectivity index (χ2n) is 6.44. The number of aliphatic hydroxyl groups is 1. The first-order chi connectivity index (χ1) is 8.94. The Hall–Kier alpha value is -0.870. The van der Waals surface area contributed by atoms with Gasteiger partial charge in [0.1, 0.15) is 0 Å². The summed E-state index contributed by atoms with van der Waals surface area (Å²) in [6.45, 7) is 7.68. The Morgan fingerprint density at radius 1 is 1.32 bits per heavy atom. The van der Waals surface area contributed by atoms with Gasteiger partial charge in [-0.3, -0.25) is 9.69 Å². The number of piperazine rings is 1. The van der Waals surface area contributed by atoms with E-state index >= 15 is 0 Å². The zero-order valence-corrected chi connectivity index (χ0v) is 12.1. The first-order valence-electron chi connectivity index (χ1n) is 7.33. The van der Waals surface area contributed by atoms with Crippen molar-refractivity contribution in [3.63, 3.8) is 0 Å². The van der Waals surface area contributed by atoms with Gasteiger partial charge in [0.25, 0.3) is 0 Å². The van der Waals surface area contributed by atoms with Crippen molar-refractivity contribution in [2.75, 3.05) is 32.7 Å². The van der Waals surface area contributed by atoms with E-state index in [2.05, 4.69) is 17.1 Å². The lowest BCUT2D eigenvalue weighted by molar-refractivity contribution is -0.133. The van der Waals surface area contributed by atoms with Gasteiger partial charge in [-0.15, -0.1) is 0 Å². The lowest BCUT2D eigenvalue weighted by Crippen LogP contribution is -2.52. The molecule has 0 spiro atoms. The third-order valence-electron chi connectivity index (χ3n) is 3.88. The molecule has 0 saturated carbocycles. The van der Waals surface area contributed by atoms with Crippen molar-refractivity contribution >= 4 is 5.91 Å². The second-order valence-corrected chi connectivity index (χ2v) is 6.44. The van der Waals surface area contributed by atoms with Crippen LogP contribution in [0.1, 0.15) is 33.1 Å². The number of carbonyl (C=O) groups excluding carboxylic acids is 1. The lowest BCUT2D eigenvalue weighted by atomic mass is 10.0. The summed E-state index contributed by atoms with van der Waals surface area (Å²) >= 11 is 0. The molecule has 1 aliphatic carbocycles. The van der Waals surface area contributed by atoms with Crippen LogP contribution in [-0.4, -0.2) is 59.1 Å². The number of amides is 1. The van der Waals surface area contributed by atoms with E-state index in [-0.39, 0.29) is 0 Å². The molecule has 0 radical (unpaired) electrons. The molecule has 108 valence electrons. The van der Waals surface area contributed by atoms with Crippen molar-refractivity contribution in [2.45, 2.75) is 38.7 Å². The number of rotatable bonds is 4. The van der Waals surface area contributed by atoms with Gasteiger partial charge in [0.05, 0.1) is 5.60 Å². The number of carbonyl (C=O) groups is 1. The second kappa shape index (κ2) is 6.06. The molecule has 1 unspecified atom stereocenters. The summed E-state index contributed by atoms with van der Waals surface area (Å²) in [7, 11) is 0. The first-order valence-corrected chi connectivity index (χ1v) is 7.33. The van der Waals surface area contributed by atoms with Crippen LogP contribution in [0.4, 0.5) is 0 Å². The van der Waals surface area contributed by atoms with Gasteiger partial charge in [0.15, 0.2) is 0 Å². The van der Waals surface area contributed by atoms with Crippen LogP contribution in [0.5, 0.6) is 0 Å². The number of β-amino-alcohol motifs (C(OH)–C–C–N with tert-alkyl or cyclic N) is 1. The zero-order chi connectivity index (χ0) is 13.9. The predicted octanol–water partition coefficient (Wildman–Crippen LogP) is 1.26. The summed E-state index contributed by atoms with van der Waals surface area (Å²) in [5.41, 5.74) is -0.652. The van der Waals surface area contributed by atoms with Gasteiger partial charge in [-0.1, -0.05) is 12.2 Å². The van der Waals surface area contributed by atoms with Crippen LogP contribution in [0.15, 0.2) is 12.2 Å². The topological polar surface area (TPSA) is 43.8 Å². The average Bonchev–Trinajstić information content (AvgIpc) is 2.80. The normalized spacial score (nSPS) is 25.0. The SMILES string of the molecule is CC(C)(O)CN1CCN(C(=O)CC2C=CCC2)CC1. The third kappa shape index (κ3) is 4.62. The van der Waals surface area contributed by atoms with Gasteiger partial charge in [0, 0.05) is 39.1 Å². The van der Waals surface area contributed by atoms with Crippen LogP contribution in [0, 0.1) is 5.92 Å². The van der Waals surface area contributed by atoms with E-state index in [0.29, 0.717) is 24.8 Å². The molecule has 19 heavy (non-hydrogen) atoms. The molecule has 1 heterocycles. The highest BCUT2D eigenvalue weighted by atomic mass is 16.3. The molecule has 4 nitrogen and oxygen atoms in total. The summed E-state index contributed by atoms with van der Waals surface area (Å²) < 4.78 is 0. The van der Waals surface area contributed by atoms with Crippen LogP contribution in [0.2, 0.25) is 0 Å². The van der Waals surface area contributed by atoms with Crippen molar-refractivity contribution in [1.29, 1.82) is 0 Å². The van der Waals surface area contributed by atoms with E-state index in [1.807, 2.05) is 18.7 Å². The Kier molecular flexibility index (Phi) is 4.63. The molecule has 0 aromatic rings. The minimum atomic E-state index is -0.652. The maximum absolute atomic E-state index is 12.2. The molecule has 1 saturated heterocycles. The van der Waals surface area contributed by atoms with Crippen molar-refractivity contribution in [1.82, 2.24) is 9.80 Å². The minimum absolute atomic E-state index is 0.291. The van der Waals surface area contributed by atoms with E-state index in [4.69, 9.17) is 0 Å². The molecule has 1 amide bonds. The average molecular weight is 266 g/mol. The van der Waals surface area contributed by atoms with Crippen LogP contribution in [-0.2, 0) is 4.79 Å². The fourth-order valence-electron chi connectivity index (χ4n) is 2.92. The number of hydrogen-bond donors (Lipinski definition) is 1. The van der Waals surface area contributed by atoms with Crippen LogP contribution >= 0.6 is 0 Å². The van der Waals surface area contributed by atoms with Crippen LogP contribution < -0.4 is 0 Å². The molecule has 1 aliphatic heterocycles. The number of nitrogens with zero attached hydrogens (tertiary/aromatic N) is 2. The van der Waals surface area contributed by atoms with E-state index in [9.17, 15) is 9.90 Å². The predicted molar refractivity (Wildman–Crippen MR) is 75.8 cm³/mol.